The lowest BCUT2D eigenvalue weighted by Gasteiger charge is -2.31. The molecular weight excluding hydrogens is 244 g/mol. The highest BCUT2D eigenvalue weighted by atomic mass is 16.4. The lowest BCUT2D eigenvalue weighted by atomic mass is 9.85. The lowest BCUT2D eigenvalue weighted by Crippen LogP contribution is -2.52. The van der Waals surface area contributed by atoms with E-state index >= 15 is 0 Å². The fourth-order valence-corrected chi connectivity index (χ4v) is 3.41. The van der Waals surface area contributed by atoms with Crippen LogP contribution in [0.4, 0.5) is 4.79 Å². The number of carboxylic acid groups (broad SMARTS) is 1. The first kappa shape index (κ1) is 14.2. The third-order valence-corrected chi connectivity index (χ3v) is 4.85. The van der Waals surface area contributed by atoms with Crippen LogP contribution in [-0.4, -0.2) is 40.6 Å². The molecule has 0 aromatic carbocycles. The van der Waals surface area contributed by atoms with Crippen molar-refractivity contribution >= 4 is 12.0 Å². The second kappa shape index (κ2) is 5.39. The normalized spacial score (nSPS) is 34.5. The molecule has 0 aromatic rings. The summed E-state index contributed by atoms with van der Waals surface area (Å²) in [6.07, 6.45) is 5.35. The molecule has 5 nitrogen and oxygen atoms in total. The Morgan fingerprint density at radius 3 is 2.74 bits per heavy atom. The number of urea groups is 1. The molecule has 1 saturated carbocycles. The molecule has 1 saturated heterocycles. The molecule has 0 radical (unpaired) electrons. The van der Waals surface area contributed by atoms with Crippen molar-refractivity contribution in [1.82, 2.24) is 10.2 Å². The van der Waals surface area contributed by atoms with Gasteiger partial charge in [-0.25, -0.2) is 4.79 Å². The van der Waals surface area contributed by atoms with Crippen LogP contribution < -0.4 is 5.32 Å². The molecule has 2 fully saturated rings. The average Bonchev–Trinajstić information content (AvgIpc) is 2.97. The summed E-state index contributed by atoms with van der Waals surface area (Å²) in [5.41, 5.74) is -0.808. The van der Waals surface area contributed by atoms with Gasteiger partial charge >= 0.3 is 12.0 Å². The molecule has 1 aliphatic heterocycles. The average molecular weight is 268 g/mol. The smallest absolute Gasteiger partial charge is 0.317 e. The Balaban J connectivity index is 2.00. The Morgan fingerprint density at radius 2 is 2.11 bits per heavy atom. The number of likely N-dealkylation sites (tertiary alicyclic amines) is 1. The van der Waals surface area contributed by atoms with Crippen molar-refractivity contribution in [2.24, 2.45) is 5.41 Å². The Morgan fingerprint density at radius 1 is 1.37 bits per heavy atom. The number of hydrogen-bond acceptors (Lipinski definition) is 2. The van der Waals surface area contributed by atoms with E-state index < -0.39 is 11.4 Å². The van der Waals surface area contributed by atoms with E-state index in [0.29, 0.717) is 12.5 Å². The molecule has 3 unspecified atom stereocenters. The van der Waals surface area contributed by atoms with E-state index in [9.17, 15) is 14.7 Å². The van der Waals surface area contributed by atoms with Gasteiger partial charge in [-0.05, 0) is 39.0 Å². The van der Waals surface area contributed by atoms with Crippen LogP contribution in [0.2, 0.25) is 0 Å². The first-order valence-corrected chi connectivity index (χ1v) is 7.29. The minimum atomic E-state index is -0.808. The quantitative estimate of drug-likeness (QED) is 0.824. The van der Waals surface area contributed by atoms with E-state index in [1.807, 2.05) is 4.90 Å². The van der Waals surface area contributed by atoms with Gasteiger partial charge in [-0.15, -0.1) is 0 Å². The maximum absolute atomic E-state index is 12.3. The van der Waals surface area contributed by atoms with Crippen molar-refractivity contribution in [3.63, 3.8) is 0 Å². The minimum Gasteiger partial charge on any atom is -0.481 e. The fourth-order valence-electron chi connectivity index (χ4n) is 3.41. The molecule has 108 valence electrons. The van der Waals surface area contributed by atoms with Crippen LogP contribution in [-0.2, 0) is 4.79 Å². The van der Waals surface area contributed by atoms with Gasteiger partial charge in [0.15, 0.2) is 0 Å². The summed E-state index contributed by atoms with van der Waals surface area (Å²) in [7, 11) is 0. The Labute approximate surface area is 114 Å². The summed E-state index contributed by atoms with van der Waals surface area (Å²) in [5, 5.41) is 12.3. The summed E-state index contributed by atoms with van der Waals surface area (Å²) in [6, 6.07) is -0.00295. The summed E-state index contributed by atoms with van der Waals surface area (Å²) in [6.45, 7) is 4.63. The third kappa shape index (κ3) is 2.55. The van der Waals surface area contributed by atoms with Crippen molar-refractivity contribution < 1.29 is 14.7 Å². The van der Waals surface area contributed by atoms with Crippen molar-refractivity contribution in [3.8, 4) is 0 Å². The lowest BCUT2D eigenvalue weighted by molar-refractivity contribution is -0.148. The molecule has 2 amide bonds. The largest absolute Gasteiger partial charge is 0.481 e. The molecule has 0 bridgehead atoms. The monoisotopic (exact) mass is 268 g/mol. The first-order chi connectivity index (χ1) is 8.99. The van der Waals surface area contributed by atoms with Gasteiger partial charge in [0.05, 0.1) is 5.41 Å². The van der Waals surface area contributed by atoms with Crippen LogP contribution >= 0.6 is 0 Å². The predicted molar refractivity (Wildman–Crippen MR) is 71.9 cm³/mol. The number of rotatable bonds is 3. The fraction of sp³-hybridized carbons (Fsp3) is 0.857. The van der Waals surface area contributed by atoms with Gasteiger partial charge in [-0.2, -0.15) is 0 Å². The SMILES string of the molecule is CCC1CCCN1C(=O)NC1CCCC1(C)C(=O)O. The number of carboxylic acids is 1. The first-order valence-electron chi connectivity index (χ1n) is 7.29. The molecule has 19 heavy (non-hydrogen) atoms. The maximum atomic E-state index is 12.3. The zero-order valence-corrected chi connectivity index (χ0v) is 11.8. The molecule has 0 aromatic heterocycles. The number of carbonyl (C=O) groups is 2. The second-order valence-corrected chi connectivity index (χ2v) is 6.01. The van der Waals surface area contributed by atoms with E-state index in [-0.39, 0.29) is 12.1 Å². The van der Waals surface area contributed by atoms with Gasteiger partial charge in [0.1, 0.15) is 0 Å². The van der Waals surface area contributed by atoms with Crippen LogP contribution in [0, 0.1) is 5.41 Å². The van der Waals surface area contributed by atoms with Gasteiger partial charge in [-0.3, -0.25) is 4.79 Å². The summed E-state index contributed by atoms with van der Waals surface area (Å²) < 4.78 is 0. The number of nitrogens with zero attached hydrogens (tertiary/aromatic N) is 1. The highest BCUT2D eigenvalue weighted by Crippen LogP contribution is 2.38. The van der Waals surface area contributed by atoms with E-state index in [2.05, 4.69) is 12.2 Å². The van der Waals surface area contributed by atoms with Crippen molar-refractivity contribution in [2.75, 3.05) is 6.54 Å². The van der Waals surface area contributed by atoms with Crippen molar-refractivity contribution in [3.05, 3.63) is 0 Å². The van der Waals surface area contributed by atoms with Gasteiger partial charge in [0.2, 0.25) is 0 Å². The predicted octanol–water partition coefficient (Wildman–Crippen LogP) is 2.21. The Hall–Kier alpha value is -1.26. The number of aliphatic carboxylic acids is 1. The number of hydrogen-bond donors (Lipinski definition) is 2. The number of nitrogens with one attached hydrogen (secondary N) is 1. The summed E-state index contributed by atoms with van der Waals surface area (Å²) in [4.78, 5) is 25.6. The molecule has 5 heteroatoms. The van der Waals surface area contributed by atoms with E-state index in [1.165, 1.54) is 0 Å². The van der Waals surface area contributed by atoms with Gasteiger partial charge < -0.3 is 15.3 Å². The minimum absolute atomic E-state index is 0.0799. The highest BCUT2D eigenvalue weighted by molar-refractivity contribution is 5.79. The molecular formula is C14H24N2O3. The Kier molecular flexibility index (Phi) is 4.02. The highest BCUT2D eigenvalue weighted by Gasteiger charge is 2.46. The summed E-state index contributed by atoms with van der Waals surface area (Å²) >= 11 is 0. The van der Waals surface area contributed by atoms with E-state index in [1.54, 1.807) is 6.92 Å². The molecule has 3 atom stereocenters. The maximum Gasteiger partial charge on any atom is 0.317 e. The van der Waals surface area contributed by atoms with E-state index in [4.69, 9.17) is 0 Å². The van der Waals surface area contributed by atoms with Crippen LogP contribution in [0.3, 0.4) is 0 Å². The topological polar surface area (TPSA) is 69.6 Å². The molecule has 2 N–H and O–H groups in total. The zero-order chi connectivity index (χ0) is 14.0. The van der Waals surface area contributed by atoms with Gasteiger partial charge in [-0.1, -0.05) is 13.3 Å². The number of carbonyl (C=O) groups excluding carboxylic acids is 1. The van der Waals surface area contributed by atoms with E-state index in [0.717, 1.165) is 38.6 Å². The van der Waals surface area contributed by atoms with Crippen molar-refractivity contribution in [1.29, 1.82) is 0 Å². The van der Waals surface area contributed by atoms with Crippen LogP contribution in [0.5, 0.6) is 0 Å². The number of amides is 2. The molecule has 2 aliphatic rings. The van der Waals surface area contributed by atoms with Gasteiger partial charge in [0.25, 0.3) is 0 Å². The molecule has 1 heterocycles. The molecule has 1 aliphatic carbocycles. The van der Waals surface area contributed by atoms with Crippen LogP contribution in [0.25, 0.3) is 0 Å². The second-order valence-electron chi connectivity index (χ2n) is 6.01. The van der Waals surface area contributed by atoms with Crippen LogP contribution in [0.15, 0.2) is 0 Å². The van der Waals surface area contributed by atoms with Gasteiger partial charge in [0, 0.05) is 18.6 Å². The molecule has 2 rings (SSSR count). The molecule has 0 spiro atoms. The summed E-state index contributed by atoms with van der Waals surface area (Å²) in [5.74, 6) is -0.802. The standard InChI is InChI=1S/C14H24N2O3/c1-3-10-6-5-9-16(10)13(19)15-11-7-4-8-14(11,2)12(17)18/h10-11H,3-9H2,1-2H3,(H,15,19)(H,17,18). The zero-order valence-electron chi connectivity index (χ0n) is 11.8. The third-order valence-electron chi connectivity index (χ3n) is 4.85. The Bertz CT molecular complexity index is 372. The van der Waals surface area contributed by atoms with Crippen molar-refractivity contribution in [2.45, 2.75) is 64.5 Å². The van der Waals surface area contributed by atoms with Crippen LogP contribution in [0.1, 0.15) is 52.4 Å².